The lowest BCUT2D eigenvalue weighted by Gasteiger charge is -2.17. The fourth-order valence-electron chi connectivity index (χ4n) is 2.05. The first-order valence-corrected chi connectivity index (χ1v) is 7.37. The molecule has 0 fully saturated rings. The van der Waals surface area contributed by atoms with Crippen molar-refractivity contribution in [2.24, 2.45) is 17.6 Å². The van der Waals surface area contributed by atoms with E-state index in [0.29, 0.717) is 30.3 Å². The van der Waals surface area contributed by atoms with Crippen LogP contribution in [0, 0.1) is 11.8 Å². The highest BCUT2D eigenvalue weighted by Crippen LogP contribution is 2.18. The molecule has 0 aliphatic carbocycles. The van der Waals surface area contributed by atoms with Crippen molar-refractivity contribution in [3.63, 3.8) is 0 Å². The van der Waals surface area contributed by atoms with Crippen LogP contribution in [0.1, 0.15) is 33.6 Å². The Morgan fingerprint density at radius 2 is 1.81 bits per heavy atom. The lowest BCUT2D eigenvalue weighted by molar-refractivity contribution is -0.120. The highest BCUT2D eigenvalue weighted by Gasteiger charge is 2.18. The maximum Gasteiger partial charge on any atom is 0.228 e. The summed E-state index contributed by atoms with van der Waals surface area (Å²) in [5, 5.41) is 5.63. The van der Waals surface area contributed by atoms with Crippen LogP contribution in [-0.2, 0) is 9.59 Å². The summed E-state index contributed by atoms with van der Waals surface area (Å²) in [6.45, 7) is 6.25. The van der Waals surface area contributed by atoms with E-state index in [-0.39, 0.29) is 17.7 Å². The maximum atomic E-state index is 12.2. The van der Waals surface area contributed by atoms with E-state index >= 15 is 0 Å². The zero-order chi connectivity index (χ0) is 15.8. The lowest BCUT2D eigenvalue weighted by Crippen LogP contribution is -2.30. The number of nitrogens with two attached hydrogens (primary N) is 1. The smallest absolute Gasteiger partial charge is 0.228 e. The summed E-state index contributed by atoms with van der Waals surface area (Å²) >= 11 is 0. The molecule has 5 heteroatoms. The Bertz CT molecular complexity index is 486. The average Bonchev–Trinajstić information content (AvgIpc) is 2.44. The zero-order valence-corrected chi connectivity index (χ0v) is 13.0. The third kappa shape index (κ3) is 5.95. The van der Waals surface area contributed by atoms with Crippen molar-refractivity contribution in [1.82, 2.24) is 0 Å². The normalized spacial score (nSPS) is 12.0. The molecule has 0 aromatic heterocycles. The molecule has 0 spiro atoms. The maximum absolute atomic E-state index is 12.2. The summed E-state index contributed by atoms with van der Waals surface area (Å²) in [6.07, 6.45) is 1.18. The molecule has 0 heterocycles. The van der Waals surface area contributed by atoms with Crippen LogP contribution in [0.5, 0.6) is 0 Å². The van der Waals surface area contributed by atoms with Crippen molar-refractivity contribution in [3.05, 3.63) is 24.3 Å². The molecule has 0 aliphatic heterocycles. The third-order valence-corrected chi connectivity index (χ3v) is 3.15. The SMILES string of the molecule is CCC(=O)Nc1cccc(NC(=O)C(CN)CC(C)C)c1. The van der Waals surface area contributed by atoms with Gasteiger partial charge in [-0.2, -0.15) is 0 Å². The number of benzene rings is 1. The lowest BCUT2D eigenvalue weighted by atomic mass is 9.96. The van der Waals surface area contributed by atoms with Gasteiger partial charge in [-0.1, -0.05) is 26.8 Å². The number of rotatable bonds is 7. The molecule has 1 aromatic carbocycles. The van der Waals surface area contributed by atoms with Crippen LogP contribution in [-0.4, -0.2) is 18.4 Å². The van der Waals surface area contributed by atoms with Gasteiger partial charge >= 0.3 is 0 Å². The van der Waals surface area contributed by atoms with Crippen LogP contribution in [0.2, 0.25) is 0 Å². The minimum Gasteiger partial charge on any atom is -0.330 e. The summed E-state index contributed by atoms with van der Waals surface area (Å²) in [7, 11) is 0. The molecule has 21 heavy (non-hydrogen) atoms. The Morgan fingerprint density at radius 1 is 1.19 bits per heavy atom. The molecular formula is C16H25N3O2. The predicted octanol–water partition coefficient (Wildman–Crippen LogP) is 2.59. The molecule has 4 N–H and O–H groups in total. The van der Waals surface area contributed by atoms with Crippen LogP contribution in [0.3, 0.4) is 0 Å². The molecular weight excluding hydrogens is 266 g/mol. The van der Waals surface area contributed by atoms with Crippen molar-refractivity contribution in [1.29, 1.82) is 0 Å². The summed E-state index contributed by atoms with van der Waals surface area (Å²) in [4.78, 5) is 23.6. The van der Waals surface area contributed by atoms with E-state index < -0.39 is 0 Å². The number of carbonyl (C=O) groups is 2. The van der Waals surface area contributed by atoms with Gasteiger partial charge in [0.05, 0.1) is 5.92 Å². The summed E-state index contributed by atoms with van der Waals surface area (Å²) < 4.78 is 0. The fourth-order valence-corrected chi connectivity index (χ4v) is 2.05. The van der Waals surface area contributed by atoms with Gasteiger partial charge in [0.25, 0.3) is 0 Å². The van der Waals surface area contributed by atoms with Gasteiger partial charge in [-0.05, 0) is 30.5 Å². The number of hydrogen-bond donors (Lipinski definition) is 3. The van der Waals surface area contributed by atoms with Crippen LogP contribution in [0.15, 0.2) is 24.3 Å². The van der Waals surface area contributed by atoms with Gasteiger partial charge in [0.15, 0.2) is 0 Å². The monoisotopic (exact) mass is 291 g/mol. The Morgan fingerprint density at radius 3 is 2.33 bits per heavy atom. The first-order chi connectivity index (χ1) is 9.96. The molecule has 2 amide bonds. The highest BCUT2D eigenvalue weighted by molar-refractivity contribution is 5.95. The molecule has 1 rings (SSSR count). The molecule has 0 aliphatic rings. The molecule has 5 nitrogen and oxygen atoms in total. The molecule has 116 valence electrons. The number of amides is 2. The quantitative estimate of drug-likeness (QED) is 0.722. The van der Waals surface area contributed by atoms with Gasteiger partial charge in [-0.3, -0.25) is 9.59 Å². The number of hydrogen-bond acceptors (Lipinski definition) is 3. The minimum absolute atomic E-state index is 0.0573. The van der Waals surface area contributed by atoms with Gasteiger partial charge in [0.2, 0.25) is 11.8 Å². The molecule has 0 radical (unpaired) electrons. The Balaban J connectivity index is 2.71. The summed E-state index contributed by atoms with van der Waals surface area (Å²) in [5.41, 5.74) is 7.01. The molecule has 0 saturated heterocycles. The van der Waals surface area contributed by atoms with E-state index in [1.807, 2.05) is 0 Å². The van der Waals surface area contributed by atoms with Gasteiger partial charge in [0.1, 0.15) is 0 Å². The van der Waals surface area contributed by atoms with E-state index in [4.69, 9.17) is 5.73 Å². The molecule has 1 atom stereocenters. The van der Waals surface area contributed by atoms with Crippen LogP contribution in [0.4, 0.5) is 11.4 Å². The molecule has 0 saturated carbocycles. The number of nitrogens with one attached hydrogen (secondary N) is 2. The van der Waals surface area contributed by atoms with Crippen molar-refractivity contribution in [2.75, 3.05) is 17.2 Å². The van der Waals surface area contributed by atoms with Gasteiger partial charge in [0, 0.05) is 24.3 Å². The summed E-state index contributed by atoms with van der Waals surface area (Å²) in [5.74, 6) is 0.0849. The van der Waals surface area contributed by atoms with Crippen LogP contribution < -0.4 is 16.4 Å². The van der Waals surface area contributed by atoms with Gasteiger partial charge < -0.3 is 16.4 Å². The first-order valence-electron chi connectivity index (χ1n) is 7.37. The van der Waals surface area contributed by atoms with E-state index in [1.165, 1.54) is 0 Å². The Labute approximate surface area is 126 Å². The van der Waals surface area contributed by atoms with Crippen LogP contribution in [0.25, 0.3) is 0 Å². The Kier molecular flexibility index (Phi) is 6.88. The number of anilines is 2. The van der Waals surface area contributed by atoms with Crippen molar-refractivity contribution >= 4 is 23.2 Å². The topological polar surface area (TPSA) is 84.2 Å². The first kappa shape index (κ1) is 17.2. The largest absolute Gasteiger partial charge is 0.330 e. The number of carbonyl (C=O) groups excluding carboxylic acids is 2. The van der Waals surface area contributed by atoms with Crippen molar-refractivity contribution in [2.45, 2.75) is 33.6 Å². The van der Waals surface area contributed by atoms with Crippen molar-refractivity contribution < 1.29 is 9.59 Å². The molecule has 1 unspecified atom stereocenters. The van der Waals surface area contributed by atoms with E-state index in [2.05, 4.69) is 24.5 Å². The second-order valence-corrected chi connectivity index (χ2v) is 5.53. The van der Waals surface area contributed by atoms with Gasteiger partial charge in [-0.15, -0.1) is 0 Å². The Hall–Kier alpha value is -1.88. The highest BCUT2D eigenvalue weighted by atomic mass is 16.2. The van der Waals surface area contributed by atoms with Crippen molar-refractivity contribution in [3.8, 4) is 0 Å². The summed E-state index contributed by atoms with van der Waals surface area (Å²) in [6, 6.07) is 7.12. The van der Waals surface area contributed by atoms with Gasteiger partial charge in [-0.25, -0.2) is 0 Å². The zero-order valence-electron chi connectivity index (χ0n) is 13.0. The second-order valence-electron chi connectivity index (χ2n) is 5.53. The molecule has 0 bridgehead atoms. The standard InChI is InChI=1S/C16H25N3O2/c1-4-15(20)18-13-6-5-7-14(9-13)19-16(21)12(10-17)8-11(2)3/h5-7,9,11-12H,4,8,10,17H2,1-3H3,(H,18,20)(H,19,21). The average molecular weight is 291 g/mol. The van der Waals surface area contributed by atoms with E-state index in [1.54, 1.807) is 31.2 Å². The predicted molar refractivity (Wildman–Crippen MR) is 86.0 cm³/mol. The van der Waals surface area contributed by atoms with E-state index in [9.17, 15) is 9.59 Å². The second kappa shape index (κ2) is 8.42. The van der Waals surface area contributed by atoms with E-state index in [0.717, 1.165) is 6.42 Å². The minimum atomic E-state index is -0.195. The van der Waals surface area contributed by atoms with Crippen LogP contribution >= 0.6 is 0 Å². The fraction of sp³-hybridized carbons (Fsp3) is 0.500. The molecule has 1 aromatic rings. The third-order valence-electron chi connectivity index (χ3n) is 3.15.